The number of hydrogen-bond donors (Lipinski definition) is 2. The number of aromatic nitrogens is 1. The van der Waals surface area contributed by atoms with Crippen LogP contribution in [0.15, 0.2) is 24.3 Å². The van der Waals surface area contributed by atoms with Crippen LogP contribution < -0.4 is 11.2 Å². The number of hydrogen-bond acceptors (Lipinski definition) is 3. The van der Waals surface area contributed by atoms with Gasteiger partial charge in [-0.1, -0.05) is 12.1 Å². The van der Waals surface area contributed by atoms with Gasteiger partial charge in [0.15, 0.2) is 0 Å². The molecule has 0 radical (unpaired) electrons. The average Bonchev–Trinajstić information content (AvgIpc) is 2.94. The van der Waals surface area contributed by atoms with Gasteiger partial charge in [0.2, 0.25) is 5.91 Å². The molecule has 6 heteroatoms. The maximum atomic E-state index is 10.9. The number of fused-ring (bicyclic) bond motifs is 1. The van der Waals surface area contributed by atoms with Gasteiger partial charge in [-0.05, 0) is 57.1 Å². The molecule has 0 spiro atoms. The molecule has 0 unspecified atom stereocenters. The summed E-state index contributed by atoms with van der Waals surface area (Å²) < 4.78 is 12.2. The minimum atomic E-state index is -0.373. The first kappa shape index (κ1) is 16.1. The molecular weight excluding hydrogens is 291 g/mol. The number of aryl methyl sites for hydroxylation is 1. The molecule has 1 amide bonds. The van der Waals surface area contributed by atoms with Crippen LogP contribution in [-0.4, -0.2) is 29.2 Å². The van der Waals surface area contributed by atoms with Crippen LogP contribution in [0.3, 0.4) is 0 Å². The monoisotopic (exact) mass is 314 g/mol. The minimum Gasteiger partial charge on any atom is -0.399 e. The Morgan fingerprint density at radius 1 is 1.17 bits per heavy atom. The number of H-pyrrole nitrogens is 1. The standard InChI is InChI=1S/C17H23BN2O3/c1-16(2)17(3,4)23-18(22-16)12-6-5-11-9-13(7-8-15(19)21)20-14(11)10-12/h5-6,9-10,20H,7-8H2,1-4H3,(H2,19,21). The molecule has 1 aromatic carbocycles. The maximum Gasteiger partial charge on any atom is 0.494 e. The van der Waals surface area contributed by atoms with Gasteiger partial charge in [0.1, 0.15) is 0 Å². The third kappa shape index (κ3) is 3.01. The Morgan fingerprint density at radius 3 is 2.43 bits per heavy atom. The normalized spacial score (nSPS) is 19.4. The lowest BCUT2D eigenvalue weighted by Crippen LogP contribution is -2.41. The molecule has 23 heavy (non-hydrogen) atoms. The van der Waals surface area contributed by atoms with Crippen molar-refractivity contribution >= 4 is 29.4 Å². The van der Waals surface area contributed by atoms with E-state index in [0.29, 0.717) is 12.8 Å². The second-order valence-electron chi connectivity index (χ2n) is 7.20. The molecule has 0 bridgehead atoms. The second-order valence-corrected chi connectivity index (χ2v) is 7.20. The van der Waals surface area contributed by atoms with E-state index in [4.69, 9.17) is 15.0 Å². The van der Waals surface area contributed by atoms with Crippen LogP contribution in [0.5, 0.6) is 0 Å². The number of carbonyl (C=O) groups excluding carboxylic acids is 1. The van der Waals surface area contributed by atoms with Crippen LogP contribution in [-0.2, 0) is 20.5 Å². The predicted molar refractivity (Wildman–Crippen MR) is 91.5 cm³/mol. The highest BCUT2D eigenvalue weighted by atomic mass is 16.7. The van der Waals surface area contributed by atoms with E-state index in [9.17, 15) is 4.79 Å². The van der Waals surface area contributed by atoms with Crippen LogP contribution in [0.1, 0.15) is 39.8 Å². The number of rotatable bonds is 4. The molecular formula is C17H23BN2O3. The van der Waals surface area contributed by atoms with Crippen LogP contribution in [0.2, 0.25) is 0 Å². The van der Waals surface area contributed by atoms with E-state index < -0.39 is 0 Å². The van der Waals surface area contributed by atoms with Gasteiger partial charge in [-0.25, -0.2) is 0 Å². The van der Waals surface area contributed by atoms with Crippen molar-refractivity contribution in [1.29, 1.82) is 0 Å². The van der Waals surface area contributed by atoms with E-state index >= 15 is 0 Å². The summed E-state index contributed by atoms with van der Waals surface area (Å²) in [5.74, 6) is -0.290. The zero-order valence-corrected chi connectivity index (χ0v) is 14.1. The lowest BCUT2D eigenvalue weighted by atomic mass is 9.79. The summed E-state index contributed by atoms with van der Waals surface area (Å²) in [6, 6.07) is 8.16. The van der Waals surface area contributed by atoms with Gasteiger partial charge in [0.25, 0.3) is 0 Å². The van der Waals surface area contributed by atoms with Gasteiger partial charge >= 0.3 is 7.12 Å². The van der Waals surface area contributed by atoms with Crippen LogP contribution >= 0.6 is 0 Å². The van der Waals surface area contributed by atoms with Crippen molar-refractivity contribution < 1.29 is 14.1 Å². The van der Waals surface area contributed by atoms with Gasteiger partial charge in [0.05, 0.1) is 11.2 Å². The average molecular weight is 314 g/mol. The molecule has 0 atom stereocenters. The summed E-state index contributed by atoms with van der Waals surface area (Å²) in [6.07, 6.45) is 0.965. The number of nitrogens with one attached hydrogen (secondary N) is 1. The van der Waals surface area contributed by atoms with E-state index in [0.717, 1.165) is 22.1 Å². The highest BCUT2D eigenvalue weighted by Crippen LogP contribution is 2.36. The Kier molecular flexibility index (Phi) is 3.77. The van der Waals surface area contributed by atoms with E-state index in [1.54, 1.807) is 0 Å². The second kappa shape index (κ2) is 5.39. The smallest absolute Gasteiger partial charge is 0.399 e. The number of benzene rings is 1. The van der Waals surface area contributed by atoms with Crippen molar-refractivity contribution in [2.45, 2.75) is 51.7 Å². The molecule has 2 aromatic rings. The molecule has 2 heterocycles. The Balaban J connectivity index is 1.85. The number of carbonyl (C=O) groups is 1. The highest BCUT2D eigenvalue weighted by molar-refractivity contribution is 6.62. The Morgan fingerprint density at radius 2 is 1.83 bits per heavy atom. The summed E-state index contributed by atoms with van der Waals surface area (Å²) in [5.41, 5.74) is 7.50. The fourth-order valence-electron chi connectivity index (χ4n) is 2.72. The topological polar surface area (TPSA) is 77.3 Å². The molecule has 3 N–H and O–H groups in total. The summed E-state index contributed by atoms with van der Waals surface area (Å²) in [5, 5.41) is 1.10. The summed E-state index contributed by atoms with van der Waals surface area (Å²) in [6.45, 7) is 8.18. The summed E-state index contributed by atoms with van der Waals surface area (Å²) in [4.78, 5) is 14.3. The molecule has 122 valence electrons. The number of aromatic amines is 1. The Hall–Kier alpha value is -1.79. The largest absolute Gasteiger partial charge is 0.494 e. The minimum absolute atomic E-state index is 0.290. The molecule has 3 rings (SSSR count). The third-order valence-corrected chi connectivity index (χ3v) is 4.87. The van der Waals surface area contributed by atoms with Crippen molar-refractivity contribution in [3.05, 3.63) is 30.0 Å². The van der Waals surface area contributed by atoms with Crippen molar-refractivity contribution in [3.63, 3.8) is 0 Å². The molecule has 1 aliphatic rings. The first-order valence-electron chi connectivity index (χ1n) is 7.93. The Bertz CT molecular complexity index is 735. The quantitative estimate of drug-likeness (QED) is 0.846. The molecule has 0 saturated carbocycles. The van der Waals surface area contributed by atoms with Crippen molar-refractivity contribution in [2.75, 3.05) is 0 Å². The Labute approximate surface area is 136 Å². The van der Waals surface area contributed by atoms with E-state index in [1.807, 2.05) is 52.0 Å². The zero-order valence-electron chi connectivity index (χ0n) is 14.1. The number of amides is 1. The summed E-state index contributed by atoms with van der Waals surface area (Å²) >= 11 is 0. The highest BCUT2D eigenvalue weighted by Gasteiger charge is 2.51. The van der Waals surface area contributed by atoms with E-state index in [2.05, 4.69) is 4.98 Å². The first-order chi connectivity index (χ1) is 10.7. The fraction of sp³-hybridized carbons (Fsp3) is 0.471. The SMILES string of the molecule is CC1(C)OB(c2ccc3cc(CCC(N)=O)[nH]c3c2)OC1(C)C. The van der Waals surface area contributed by atoms with Crippen LogP contribution in [0.4, 0.5) is 0 Å². The molecule has 1 aromatic heterocycles. The van der Waals surface area contributed by atoms with Gasteiger partial charge in [-0.15, -0.1) is 0 Å². The van der Waals surface area contributed by atoms with Crippen LogP contribution in [0, 0.1) is 0 Å². The van der Waals surface area contributed by atoms with Gasteiger partial charge in [-0.3, -0.25) is 4.79 Å². The van der Waals surface area contributed by atoms with Gasteiger partial charge in [0, 0.05) is 17.6 Å². The summed E-state index contributed by atoms with van der Waals surface area (Å²) in [7, 11) is -0.373. The maximum absolute atomic E-state index is 10.9. The third-order valence-electron chi connectivity index (χ3n) is 4.87. The van der Waals surface area contributed by atoms with E-state index in [-0.39, 0.29) is 24.2 Å². The molecule has 0 aliphatic carbocycles. The lowest BCUT2D eigenvalue weighted by molar-refractivity contribution is -0.118. The fourth-order valence-corrected chi connectivity index (χ4v) is 2.72. The van der Waals surface area contributed by atoms with E-state index in [1.165, 1.54) is 0 Å². The zero-order chi connectivity index (χ0) is 16.8. The van der Waals surface area contributed by atoms with Gasteiger partial charge < -0.3 is 20.0 Å². The predicted octanol–water partition coefficient (Wildman–Crippen LogP) is 1.88. The van der Waals surface area contributed by atoms with Crippen molar-refractivity contribution in [2.24, 2.45) is 5.73 Å². The first-order valence-corrected chi connectivity index (χ1v) is 7.93. The van der Waals surface area contributed by atoms with Crippen molar-refractivity contribution in [1.82, 2.24) is 4.98 Å². The molecule has 5 nitrogen and oxygen atoms in total. The number of nitrogens with two attached hydrogens (primary N) is 1. The lowest BCUT2D eigenvalue weighted by Gasteiger charge is -2.32. The molecule has 1 aliphatic heterocycles. The van der Waals surface area contributed by atoms with Crippen molar-refractivity contribution in [3.8, 4) is 0 Å². The van der Waals surface area contributed by atoms with Gasteiger partial charge in [-0.2, -0.15) is 0 Å². The molecule has 1 saturated heterocycles. The molecule has 1 fully saturated rings. The van der Waals surface area contributed by atoms with Crippen LogP contribution in [0.25, 0.3) is 10.9 Å². The number of primary amides is 1.